The Balaban J connectivity index is 1.52. The predicted molar refractivity (Wildman–Crippen MR) is 113 cm³/mol. The summed E-state index contributed by atoms with van der Waals surface area (Å²) >= 11 is 0. The smallest absolute Gasteiger partial charge is 0.293 e. The van der Waals surface area contributed by atoms with Crippen molar-refractivity contribution in [1.82, 2.24) is 10.1 Å². The molecule has 2 aromatic heterocycles. The number of ether oxygens (including phenoxy) is 2. The minimum atomic E-state index is -3.66. The van der Waals surface area contributed by atoms with Gasteiger partial charge in [-0.05, 0) is 30.3 Å². The standard InChI is InChI=1S/C22H19FN2O6S/c1-28-17-9-15(10-18(11-17)29-2)21-24-22(31-25-21)20-8-7-16(30-20)13-32(26,27)12-14-5-3-4-6-19(14)23/h3-11H,12-13H2,1-2H3. The van der Waals surface area contributed by atoms with Gasteiger partial charge < -0.3 is 18.4 Å². The van der Waals surface area contributed by atoms with E-state index >= 15 is 0 Å². The average Bonchev–Trinajstić information content (AvgIpc) is 3.44. The van der Waals surface area contributed by atoms with Gasteiger partial charge in [0.15, 0.2) is 15.6 Å². The maximum absolute atomic E-state index is 13.8. The van der Waals surface area contributed by atoms with E-state index in [9.17, 15) is 12.8 Å². The molecule has 0 aliphatic heterocycles. The lowest BCUT2D eigenvalue weighted by Gasteiger charge is -2.05. The summed E-state index contributed by atoms with van der Waals surface area (Å²) in [6.07, 6.45) is 0. The molecule has 0 spiro atoms. The molecule has 0 radical (unpaired) electrons. The molecule has 4 rings (SSSR count). The van der Waals surface area contributed by atoms with Gasteiger partial charge in [-0.1, -0.05) is 23.4 Å². The van der Waals surface area contributed by atoms with Crippen molar-refractivity contribution in [2.45, 2.75) is 11.5 Å². The summed E-state index contributed by atoms with van der Waals surface area (Å²) in [4.78, 5) is 4.31. The molecule has 8 nitrogen and oxygen atoms in total. The SMILES string of the molecule is COc1cc(OC)cc(-c2noc(-c3ccc(CS(=O)(=O)Cc4ccccc4F)o3)n2)c1. The molecular formula is C22H19FN2O6S. The van der Waals surface area contributed by atoms with Crippen molar-refractivity contribution in [2.75, 3.05) is 14.2 Å². The largest absolute Gasteiger partial charge is 0.497 e. The van der Waals surface area contributed by atoms with E-state index in [2.05, 4.69) is 10.1 Å². The molecular weight excluding hydrogens is 439 g/mol. The minimum absolute atomic E-state index is 0.0829. The number of rotatable bonds is 8. The first-order chi connectivity index (χ1) is 15.4. The molecule has 4 aromatic rings. The van der Waals surface area contributed by atoms with Crippen LogP contribution in [0.4, 0.5) is 4.39 Å². The zero-order valence-corrected chi connectivity index (χ0v) is 18.1. The fourth-order valence-corrected chi connectivity index (χ4v) is 4.47. The molecule has 0 aliphatic rings. The molecule has 0 atom stereocenters. The molecule has 0 unspecified atom stereocenters. The van der Waals surface area contributed by atoms with Crippen molar-refractivity contribution in [2.24, 2.45) is 0 Å². The van der Waals surface area contributed by atoms with Gasteiger partial charge in [-0.3, -0.25) is 0 Å². The van der Waals surface area contributed by atoms with E-state index in [1.165, 1.54) is 44.6 Å². The summed E-state index contributed by atoms with van der Waals surface area (Å²) in [5.74, 6) is 0.490. The summed E-state index contributed by atoms with van der Waals surface area (Å²) in [6, 6.07) is 14.0. The second kappa shape index (κ2) is 8.83. The predicted octanol–water partition coefficient (Wildman–Crippen LogP) is 4.27. The van der Waals surface area contributed by atoms with Crippen LogP contribution in [-0.4, -0.2) is 32.8 Å². The Morgan fingerprint density at radius 2 is 1.69 bits per heavy atom. The van der Waals surface area contributed by atoms with Crippen molar-refractivity contribution in [1.29, 1.82) is 0 Å². The van der Waals surface area contributed by atoms with E-state index in [4.69, 9.17) is 18.4 Å². The molecule has 0 amide bonds. The van der Waals surface area contributed by atoms with Crippen molar-refractivity contribution < 1.29 is 31.2 Å². The van der Waals surface area contributed by atoms with E-state index in [1.54, 1.807) is 24.3 Å². The third-order valence-corrected chi connectivity index (χ3v) is 6.08. The van der Waals surface area contributed by atoms with Crippen LogP contribution in [0.1, 0.15) is 11.3 Å². The van der Waals surface area contributed by atoms with Crippen molar-refractivity contribution in [3.63, 3.8) is 0 Å². The molecule has 2 heterocycles. The van der Waals surface area contributed by atoms with Crippen LogP contribution in [0.3, 0.4) is 0 Å². The Bertz CT molecular complexity index is 1320. The normalized spacial score (nSPS) is 11.5. The summed E-state index contributed by atoms with van der Waals surface area (Å²) < 4.78 is 60.1. The van der Waals surface area contributed by atoms with Crippen molar-refractivity contribution >= 4 is 9.84 Å². The Morgan fingerprint density at radius 3 is 2.38 bits per heavy atom. The van der Waals surface area contributed by atoms with E-state index in [-0.39, 0.29) is 28.8 Å². The lowest BCUT2D eigenvalue weighted by molar-refractivity contribution is 0.394. The molecule has 166 valence electrons. The number of benzene rings is 2. The number of furan rings is 1. The summed E-state index contributed by atoms with van der Waals surface area (Å²) in [5, 5.41) is 3.95. The quantitative estimate of drug-likeness (QED) is 0.386. The second-order valence-corrected chi connectivity index (χ2v) is 8.98. The Labute approximate surface area is 183 Å². The molecule has 32 heavy (non-hydrogen) atoms. The second-order valence-electron chi connectivity index (χ2n) is 6.91. The fourth-order valence-electron chi connectivity index (χ4n) is 3.07. The fraction of sp³-hybridized carbons (Fsp3) is 0.182. The highest BCUT2D eigenvalue weighted by Gasteiger charge is 2.20. The van der Waals surface area contributed by atoms with Gasteiger partial charge in [0, 0.05) is 17.2 Å². The van der Waals surface area contributed by atoms with E-state index in [0.717, 1.165) is 0 Å². The summed E-state index contributed by atoms with van der Waals surface area (Å²) in [5.41, 5.74) is 0.713. The molecule has 2 aromatic carbocycles. The Kier molecular flexibility index (Phi) is 5.95. The Hall–Kier alpha value is -3.66. The number of aromatic nitrogens is 2. The first-order valence-corrected chi connectivity index (χ1v) is 11.3. The first-order valence-electron chi connectivity index (χ1n) is 9.47. The number of hydrogen-bond donors (Lipinski definition) is 0. The monoisotopic (exact) mass is 458 g/mol. The van der Waals surface area contributed by atoms with Crippen LogP contribution in [0.5, 0.6) is 11.5 Å². The third kappa shape index (κ3) is 4.80. The van der Waals surface area contributed by atoms with Gasteiger partial charge in [0.05, 0.1) is 20.0 Å². The maximum Gasteiger partial charge on any atom is 0.293 e. The Morgan fingerprint density at radius 1 is 0.969 bits per heavy atom. The van der Waals surface area contributed by atoms with Crippen LogP contribution in [0.25, 0.3) is 23.0 Å². The van der Waals surface area contributed by atoms with Gasteiger partial charge in [0.25, 0.3) is 5.89 Å². The highest BCUT2D eigenvalue weighted by Crippen LogP contribution is 2.30. The lowest BCUT2D eigenvalue weighted by Crippen LogP contribution is -2.08. The zero-order chi connectivity index (χ0) is 22.7. The van der Waals surface area contributed by atoms with Crippen LogP contribution < -0.4 is 9.47 Å². The molecule has 0 saturated heterocycles. The van der Waals surface area contributed by atoms with Gasteiger partial charge >= 0.3 is 0 Å². The molecule has 0 bridgehead atoms. The highest BCUT2D eigenvalue weighted by molar-refractivity contribution is 7.89. The van der Waals surface area contributed by atoms with Gasteiger partial charge in [0.1, 0.15) is 28.8 Å². The van der Waals surface area contributed by atoms with E-state index in [1.807, 2.05) is 0 Å². The van der Waals surface area contributed by atoms with Gasteiger partial charge in [-0.2, -0.15) is 4.98 Å². The van der Waals surface area contributed by atoms with E-state index in [0.29, 0.717) is 17.1 Å². The number of hydrogen-bond acceptors (Lipinski definition) is 8. The number of sulfone groups is 1. The number of nitrogens with zero attached hydrogens (tertiary/aromatic N) is 2. The average molecular weight is 458 g/mol. The topological polar surface area (TPSA) is 105 Å². The zero-order valence-electron chi connectivity index (χ0n) is 17.2. The van der Waals surface area contributed by atoms with Gasteiger partial charge in [-0.15, -0.1) is 0 Å². The van der Waals surface area contributed by atoms with Gasteiger partial charge in [0.2, 0.25) is 5.82 Å². The lowest BCUT2D eigenvalue weighted by atomic mass is 10.2. The molecule has 10 heteroatoms. The van der Waals surface area contributed by atoms with Crippen LogP contribution in [-0.2, 0) is 21.3 Å². The molecule has 0 N–H and O–H groups in total. The minimum Gasteiger partial charge on any atom is -0.497 e. The molecule has 0 aliphatic carbocycles. The summed E-state index contributed by atoms with van der Waals surface area (Å²) in [7, 11) is -0.595. The third-order valence-electron chi connectivity index (χ3n) is 4.60. The molecule has 0 fully saturated rings. The maximum atomic E-state index is 13.8. The first kappa shape index (κ1) is 21.6. The van der Waals surface area contributed by atoms with Crippen LogP contribution in [0.2, 0.25) is 0 Å². The van der Waals surface area contributed by atoms with Gasteiger partial charge in [-0.25, -0.2) is 12.8 Å². The number of methoxy groups -OCH3 is 2. The van der Waals surface area contributed by atoms with E-state index < -0.39 is 27.2 Å². The van der Waals surface area contributed by atoms with Crippen LogP contribution in [0, 0.1) is 5.82 Å². The van der Waals surface area contributed by atoms with Crippen LogP contribution >= 0.6 is 0 Å². The van der Waals surface area contributed by atoms with Crippen LogP contribution in [0.15, 0.2) is 63.5 Å². The highest BCUT2D eigenvalue weighted by atomic mass is 32.2. The number of halogens is 1. The molecule has 0 saturated carbocycles. The summed E-state index contributed by atoms with van der Waals surface area (Å²) in [6.45, 7) is 0. The van der Waals surface area contributed by atoms with Crippen molar-refractivity contribution in [3.8, 4) is 34.5 Å². The van der Waals surface area contributed by atoms with Crippen molar-refractivity contribution in [3.05, 3.63) is 71.7 Å².